The summed E-state index contributed by atoms with van der Waals surface area (Å²) < 4.78 is 23.7. The number of aliphatic hydroxyl groups is 1. The number of hydrogen-bond acceptors (Lipinski definition) is 5. The fourth-order valence-electron chi connectivity index (χ4n) is 8.81. The molecule has 0 aliphatic heterocycles. The lowest BCUT2D eigenvalue weighted by molar-refractivity contribution is -0.870. The van der Waals surface area contributed by atoms with Crippen molar-refractivity contribution in [1.82, 2.24) is 5.32 Å². The van der Waals surface area contributed by atoms with Crippen molar-refractivity contribution < 1.29 is 32.9 Å². The summed E-state index contributed by atoms with van der Waals surface area (Å²) >= 11 is 0. The monoisotopic (exact) mass is 1060 g/mol. The lowest BCUT2D eigenvalue weighted by Crippen LogP contribution is -2.45. The first-order chi connectivity index (χ1) is 36.0. The number of amides is 1. The van der Waals surface area contributed by atoms with Crippen LogP contribution in [0.25, 0.3) is 0 Å². The molecular weight excluding hydrogens is 936 g/mol. The van der Waals surface area contributed by atoms with Gasteiger partial charge in [0.05, 0.1) is 39.9 Å². The van der Waals surface area contributed by atoms with Gasteiger partial charge in [-0.2, -0.15) is 0 Å². The van der Waals surface area contributed by atoms with Crippen LogP contribution in [-0.2, 0) is 18.4 Å². The van der Waals surface area contributed by atoms with Crippen LogP contribution in [0.1, 0.15) is 271 Å². The molecule has 9 heteroatoms. The Kier molecular flexibility index (Phi) is 53.7. The van der Waals surface area contributed by atoms with Crippen molar-refractivity contribution in [2.45, 2.75) is 283 Å². The second-order valence-corrected chi connectivity index (χ2v) is 23.5. The Bertz CT molecular complexity index is 1480. The Morgan fingerprint density at radius 2 is 0.811 bits per heavy atom. The summed E-state index contributed by atoms with van der Waals surface area (Å²) in [5.41, 5.74) is 0. The Hall–Kier alpha value is -2.32. The third-order valence-electron chi connectivity index (χ3n) is 13.6. The van der Waals surface area contributed by atoms with Crippen LogP contribution in [0.5, 0.6) is 0 Å². The molecule has 3 N–H and O–H groups in total. The summed E-state index contributed by atoms with van der Waals surface area (Å²) in [7, 11) is 1.57. The maximum Gasteiger partial charge on any atom is 0.472 e. The summed E-state index contributed by atoms with van der Waals surface area (Å²) in [5.74, 6) is -0.177. The van der Waals surface area contributed by atoms with Crippen LogP contribution in [0.4, 0.5) is 0 Å². The molecule has 0 radical (unpaired) electrons. The van der Waals surface area contributed by atoms with Crippen molar-refractivity contribution in [1.29, 1.82) is 0 Å². The van der Waals surface area contributed by atoms with Gasteiger partial charge in [0.15, 0.2) is 0 Å². The Labute approximate surface area is 458 Å². The fourth-order valence-corrected chi connectivity index (χ4v) is 9.55. The minimum Gasteiger partial charge on any atom is -0.387 e. The molecule has 0 aliphatic carbocycles. The second kappa shape index (κ2) is 55.4. The highest BCUT2D eigenvalue weighted by atomic mass is 31.2. The Balaban J connectivity index is 4.07. The zero-order valence-electron chi connectivity index (χ0n) is 49.1. The first-order valence-corrected chi connectivity index (χ1v) is 32.5. The predicted octanol–water partition coefficient (Wildman–Crippen LogP) is 19.2. The van der Waals surface area contributed by atoms with Gasteiger partial charge in [-0.3, -0.25) is 13.8 Å². The molecule has 74 heavy (non-hydrogen) atoms. The molecule has 0 rings (SSSR count). The number of phosphoric acid groups is 1. The maximum absolute atomic E-state index is 13.0. The van der Waals surface area contributed by atoms with E-state index in [4.69, 9.17) is 9.05 Å². The van der Waals surface area contributed by atoms with E-state index in [1.807, 2.05) is 27.2 Å². The smallest absolute Gasteiger partial charge is 0.387 e. The molecule has 0 bridgehead atoms. The lowest BCUT2D eigenvalue weighted by Gasteiger charge is -2.25. The molecule has 0 heterocycles. The lowest BCUT2D eigenvalue weighted by atomic mass is 10.0. The standard InChI is InChI=1S/C65H119N2O6P/c1-6-8-10-12-14-16-18-20-22-24-25-26-27-28-29-30-31-32-33-34-35-36-37-38-39-40-41-43-45-47-49-51-53-55-57-59-65(69)66-63(62-73-74(70,71)72-61-60-67(3,4)5)64(68)58-56-54-52-50-48-46-44-42-23-21-19-17-15-13-11-9-7-2/h8,10,14,16,20,22,25-26,28-29,31-32,56,58,63-64,68H,6-7,9,11-13,15,17-19,21,23-24,27,30,33-55,57,59-62H2,1-5H3,(H-,66,69,70,71)/p+1/b10-8-,16-14-,22-20-,26-25-,29-28-,32-31-,58-56+. The molecule has 8 nitrogen and oxygen atoms in total. The molecular formula is C65H120N2O6P+. The molecule has 0 saturated carbocycles. The highest BCUT2D eigenvalue weighted by Gasteiger charge is 2.27. The highest BCUT2D eigenvalue weighted by molar-refractivity contribution is 7.47. The highest BCUT2D eigenvalue weighted by Crippen LogP contribution is 2.43. The van der Waals surface area contributed by atoms with Crippen molar-refractivity contribution in [3.05, 3.63) is 85.1 Å². The third kappa shape index (κ3) is 57.4. The van der Waals surface area contributed by atoms with Crippen LogP contribution in [0.3, 0.4) is 0 Å². The summed E-state index contributed by atoms with van der Waals surface area (Å²) in [6.07, 6.45) is 78.4. The molecule has 0 fully saturated rings. The molecule has 3 unspecified atom stereocenters. The molecule has 0 spiro atoms. The minimum absolute atomic E-state index is 0.0600. The van der Waals surface area contributed by atoms with Gasteiger partial charge in [0.25, 0.3) is 0 Å². The summed E-state index contributed by atoms with van der Waals surface area (Å²) in [6, 6.07) is -0.850. The number of likely N-dealkylation sites (N-methyl/N-ethyl adjacent to an activating group) is 1. The summed E-state index contributed by atoms with van der Waals surface area (Å²) in [4.78, 5) is 23.3. The van der Waals surface area contributed by atoms with Crippen molar-refractivity contribution in [3.8, 4) is 0 Å². The summed E-state index contributed by atoms with van der Waals surface area (Å²) in [5, 5.41) is 13.9. The largest absolute Gasteiger partial charge is 0.472 e. The molecule has 430 valence electrons. The molecule has 0 aromatic heterocycles. The molecule has 0 saturated heterocycles. The van der Waals surface area contributed by atoms with E-state index in [0.717, 1.165) is 77.0 Å². The molecule has 3 atom stereocenters. The first-order valence-electron chi connectivity index (χ1n) is 31.0. The van der Waals surface area contributed by atoms with E-state index in [0.29, 0.717) is 17.4 Å². The normalized spacial score (nSPS) is 14.4. The van der Waals surface area contributed by atoms with Crippen LogP contribution < -0.4 is 5.32 Å². The van der Waals surface area contributed by atoms with Gasteiger partial charge in [-0.1, -0.05) is 279 Å². The Morgan fingerprint density at radius 1 is 0.473 bits per heavy atom. The van der Waals surface area contributed by atoms with Crippen LogP contribution in [0.15, 0.2) is 85.1 Å². The third-order valence-corrected chi connectivity index (χ3v) is 14.6. The van der Waals surface area contributed by atoms with Crippen molar-refractivity contribution in [2.75, 3.05) is 40.9 Å². The zero-order valence-corrected chi connectivity index (χ0v) is 50.0. The number of rotatable bonds is 56. The summed E-state index contributed by atoms with van der Waals surface area (Å²) in [6.45, 7) is 4.72. The van der Waals surface area contributed by atoms with Crippen molar-refractivity contribution in [3.63, 3.8) is 0 Å². The number of quaternary nitrogens is 1. The number of allylic oxidation sites excluding steroid dienone is 13. The van der Waals surface area contributed by atoms with Crippen molar-refractivity contribution in [2.24, 2.45) is 0 Å². The van der Waals surface area contributed by atoms with Crippen LogP contribution >= 0.6 is 7.82 Å². The topological polar surface area (TPSA) is 105 Å². The number of phosphoric ester groups is 1. The number of unbranched alkanes of at least 4 members (excludes halogenated alkanes) is 31. The van der Waals surface area contributed by atoms with E-state index in [-0.39, 0.29) is 19.1 Å². The molecule has 0 aromatic rings. The van der Waals surface area contributed by atoms with E-state index < -0.39 is 20.0 Å². The fraction of sp³-hybridized carbons (Fsp3) is 0.769. The quantitative estimate of drug-likeness (QED) is 0.0243. The van der Waals surface area contributed by atoms with Gasteiger partial charge >= 0.3 is 7.82 Å². The zero-order chi connectivity index (χ0) is 54.2. The van der Waals surface area contributed by atoms with Gasteiger partial charge in [0.1, 0.15) is 13.2 Å². The van der Waals surface area contributed by atoms with E-state index in [9.17, 15) is 19.4 Å². The molecule has 0 aliphatic rings. The Morgan fingerprint density at radius 3 is 1.19 bits per heavy atom. The number of nitrogens with one attached hydrogen (secondary N) is 1. The maximum atomic E-state index is 13.0. The number of hydrogen-bond donors (Lipinski definition) is 3. The van der Waals surface area contributed by atoms with Gasteiger partial charge < -0.3 is 19.8 Å². The van der Waals surface area contributed by atoms with Gasteiger partial charge in [-0.15, -0.1) is 0 Å². The molecule has 0 aromatic carbocycles. The molecule has 1 amide bonds. The first kappa shape index (κ1) is 71.7. The number of carbonyl (C=O) groups excluding carboxylic acids is 1. The van der Waals surface area contributed by atoms with Gasteiger partial charge in [0.2, 0.25) is 5.91 Å². The number of nitrogens with zero attached hydrogens (tertiary/aromatic N) is 1. The van der Waals surface area contributed by atoms with E-state index >= 15 is 0 Å². The second-order valence-electron chi connectivity index (χ2n) is 22.1. The average Bonchev–Trinajstić information content (AvgIpc) is 3.36. The van der Waals surface area contributed by atoms with Gasteiger partial charge in [-0.25, -0.2) is 4.57 Å². The van der Waals surface area contributed by atoms with E-state index in [1.54, 1.807) is 6.08 Å². The predicted molar refractivity (Wildman–Crippen MR) is 323 cm³/mol. The average molecular weight is 1060 g/mol. The van der Waals surface area contributed by atoms with Crippen LogP contribution in [-0.4, -0.2) is 73.4 Å². The van der Waals surface area contributed by atoms with Gasteiger partial charge in [-0.05, 0) is 70.6 Å². The number of aliphatic hydroxyl groups excluding tert-OH is 1. The SMILES string of the molecule is CC/C=C\C/C=C\C/C=C\C/C=C\C/C=C\C/C=C\CCCCCCCCCCCCCCCCCCC(=O)NC(COP(=O)(O)OCC[N+](C)(C)C)C(O)/C=C/CCCCCCCCCCCCCCCCC. The minimum atomic E-state index is -4.35. The number of carbonyl (C=O) groups is 1. The van der Waals surface area contributed by atoms with Crippen LogP contribution in [0, 0.1) is 0 Å². The van der Waals surface area contributed by atoms with Gasteiger partial charge in [0, 0.05) is 6.42 Å². The van der Waals surface area contributed by atoms with Crippen LogP contribution in [0.2, 0.25) is 0 Å². The van der Waals surface area contributed by atoms with E-state index in [2.05, 4.69) is 92.1 Å². The van der Waals surface area contributed by atoms with Crippen molar-refractivity contribution >= 4 is 13.7 Å². The van der Waals surface area contributed by atoms with E-state index in [1.165, 1.54) is 173 Å².